The fraction of sp³-hybridized carbons (Fsp3) is 0.294. The predicted molar refractivity (Wildman–Crippen MR) is 85.6 cm³/mol. The number of para-hydroxylation sites is 1. The van der Waals surface area contributed by atoms with E-state index in [0.29, 0.717) is 30.1 Å². The summed E-state index contributed by atoms with van der Waals surface area (Å²) in [5, 5.41) is 2.77. The Kier molecular flexibility index (Phi) is 3.41. The van der Waals surface area contributed by atoms with Crippen LogP contribution >= 0.6 is 0 Å². The van der Waals surface area contributed by atoms with Gasteiger partial charge in [0.25, 0.3) is 11.8 Å². The van der Waals surface area contributed by atoms with Crippen molar-refractivity contribution >= 4 is 17.5 Å². The van der Waals surface area contributed by atoms with Gasteiger partial charge in [0.05, 0.1) is 23.5 Å². The van der Waals surface area contributed by atoms with Crippen LogP contribution in [0, 0.1) is 0 Å². The lowest BCUT2D eigenvalue weighted by atomic mass is 10.0. The third-order valence-corrected chi connectivity index (χ3v) is 4.33. The zero-order valence-corrected chi connectivity index (χ0v) is 13.2. The van der Waals surface area contributed by atoms with E-state index in [0.717, 1.165) is 17.7 Å². The van der Waals surface area contributed by atoms with Gasteiger partial charge in [0.15, 0.2) is 11.9 Å². The van der Waals surface area contributed by atoms with E-state index in [9.17, 15) is 9.59 Å². The second-order valence-corrected chi connectivity index (χ2v) is 5.90. The number of carbonyl (C=O) groups excluding carboxylic acids is 2. The van der Waals surface area contributed by atoms with Crippen LogP contribution in [0.2, 0.25) is 0 Å². The third-order valence-electron chi connectivity index (χ3n) is 4.33. The summed E-state index contributed by atoms with van der Waals surface area (Å²) >= 11 is 0. The number of hydrogen-bond acceptors (Lipinski definition) is 5. The second-order valence-electron chi connectivity index (χ2n) is 5.90. The highest BCUT2D eigenvalue weighted by molar-refractivity contribution is 6.04. The molecule has 7 heteroatoms. The van der Waals surface area contributed by atoms with Gasteiger partial charge in [0.1, 0.15) is 6.33 Å². The molecule has 0 saturated carbocycles. The zero-order chi connectivity index (χ0) is 16.7. The Balaban J connectivity index is 1.65. The van der Waals surface area contributed by atoms with E-state index in [1.165, 1.54) is 6.33 Å². The summed E-state index contributed by atoms with van der Waals surface area (Å²) in [5.74, 6) is 0.0956. The van der Waals surface area contributed by atoms with E-state index in [2.05, 4.69) is 15.3 Å². The molecule has 0 bridgehead atoms. The maximum atomic E-state index is 13.0. The molecule has 1 unspecified atom stereocenters. The largest absolute Gasteiger partial charge is 0.478 e. The first-order valence-electron chi connectivity index (χ1n) is 7.81. The SMILES string of the molecule is CC1Oc2c(cccc2C(=O)N2CCc3cncnc3C2)NC1=O. The molecule has 2 aliphatic rings. The summed E-state index contributed by atoms with van der Waals surface area (Å²) in [6.45, 7) is 2.71. The number of fused-ring (bicyclic) bond motifs is 2. The molecule has 0 spiro atoms. The molecule has 2 aliphatic heterocycles. The average Bonchev–Trinajstić information content (AvgIpc) is 2.61. The summed E-state index contributed by atoms with van der Waals surface area (Å²) in [6, 6.07) is 5.20. The minimum Gasteiger partial charge on any atom is -0.478 e. The lowest BCUT2D eigenvalue weighted by Gasteiger charge is -2.30. The number of hydrogen-bond donors (Lipinski definition) is 1. The number of nitrogens with one attached hydrogen (secondary N) is 1. The fourth-order valence-corrected chi connectivity index (χ4v) is 2.99. The van der Waals surface area contributed by atoms with Gasteiger partial charge < -0.3 is 15.0 Å². The standard InChI is InChI=1S/C17H16N4O3/c1-10-16(22)20-13-4-2-3-12(15(13)24-10)17(23)21-6-5-11-7-18-9-19-14(11)8-21/h2-4,7,9-10H,5-6,8H2,1H3,(H,20,22). The van der Waals surface area contributed by atoms with Crippen molar-refractivity contribution in [1.29, 1.82) is 0 Å². The van der Waals surface area contributed by atoms with Crippen LogP contribution in [0.4, 0.5) is 5.69 Å². The number of carbonyl (C=O) groups is 2. The highest BCUT2D eigenvalue weighted by atomic mass is 16.5. The summed E-state index contributed by atoms with van der Waals surface area (Å²) in [7, 11) is 0. The van der Waals surface area contributed by atoms with Crippen molar-refractivity contribution in [3.63, 3.8) is 0 Å². The van der Waals surface area contributed by atoms with Crippen LogP contribution in [-0.2, 0) is 17.8 Å². The van der Waals surface area contributed by atoms with E-state index in [-0.39, 0.29) is 11.8 Å². The number of benzene rings is 1. The number of nitrogens with zero attached hydrogens (tertiary/aromatic N) is 3. The molecule has 1 atom stereocenters. The Morgan fingerprint density at radius 1 is 1.42 bits per heavy atom. The molecule has 0 radical (unpaired) electrons. The smallest absolute Gasteiger partial charge is 0.265 e. The molecular weight excluding hydrogens is 308 g/mol. The van der Waals surface area contributed by atoms with Crippen molar-refractivity contribution in [3.8, 4) is 5.75 Å². The molecular formula is C17H16N4O3. The van der Waals surface area contributed by atoms with Crippen molar-refractivity contribution in [3.05, 3.63) is 47.5 Å². The minimum absolute atomic E-state index is 0.125. The molecule has 24 heavy (non-hydrogen) atoms. The molecule has 7 nitrogen and oxygen atoms in total. The molecule has 0 aliphatic carbocycles. The fourth-order valence-electron chi connectivity index (χ4n) is 2.99. The van der Waals surface area contributed by atoms with Crippen LogP contribution in [-0.4, -0.2) is 39.3 Å². The second kappa shape index (κ2) is 5.59. The number of aromatic nitrogens is 2. The molecule has 1 aromatic carbocycles. The molecule has 122 valence electrons. The number of anilines is 1. The molecule has 2 amide bonds. The number of ether oxygens (including phenoxy) is 1. The third kappa shape index (κ3) is 2.38. The van der Waals surface area contributed by atoms with Gasteiger partial charge in [0, 0.05) is 12.7 Å². The Morgan fingerprint density at radius 3 is 3.17 bits per heavy atom. The number of rotatable bonds is 1. The van der Waals surface area contributed by atoms with Gasteiger partial charge >= 0.3 is 0 Å². The van der Waals surface area contributed by atoms with Crippen LogP contribution in [0.25, 0.3) is 0 Å². The maximum Gasteiger partial charge on any atom is 0.265 e. The van der Waals surface area contributed by atoms with Crippen molar-refractivity contribution < 1.29 is 14.3 Å². The molecule has 2 aromatic rings. The van der Waals surface area contributed by atoms with E-state index in [4.69, 9.17) is 4.74 Å². The lowest BCUT2D eigenvalue weighted by Crippen LogP contribution is -2.39. The highest BCUT2D eigenvalue weighted by Gasteiger charge is 2.30. The van der Waals surface area contributed by atoms with Crippen molar-refractivity contribution in [2.75, 3.05) is 11.9 Å². The van der Waals surface area contributed by atoms with Gasteiger partial charge in [-0.05, 0) is 31.0 Å². The van der Waals surface area contributed by atoms with Gasteiger partial charge in [-0.2, -0.15) is 0 Å². The summed E-state index contributed by atoms with van der Waals surface area (Å²) in [6.07, 6.45) is 3.40. The predicted octanol–water partition coefficient (Wildman–Crippen LogP) is 1.39. The van der Waals surface area contributed by atoms with Crippen molar-refractivity contribution in [2.24, 2.45) is 0 Å². The topological polar surface area (TPSA) is 84.4 Å². The van der Waals surface area contributed by atoms with Gasteiger partial charge in [-0.3, -0.25) is 9.59 Å². The lowest BCUT2D eigenvalue weighted by molar-refractivity contribution is -0.122. The van der Waals surface area contributed by atoms with Gasteiger partial charge in [-0.1, -0.05) is 6.07 Å². The zero-order valence-electron chi connectivity index (χ0n) is 13.2. The Bertz CT molecular complexity index is 836. The van der Waals surface area contributed by atoms with Crippen molar-refractivity contribution in [1.82, 2.24) is 14.9 Å². The summed E-state index contributed by atoms with van der Waals surface area (Å²) in [5.41, 5.74) is 2.94. The van der Waals surface area contributed by atoms with Crippen molar-refractivity contribution in [2.45, 2.75) is 26.0 Å². The van der Waals surface area contributed by atoms with Crippen LogP contribution < -0.4 is 10.1 Å². The maximum absolute atomic E-state index is 13.0. The molecule has 3 heterocycles. The highest BCUT2D eigenvalue weighted by Crippen LogP contribution is 2.34. The quantitative estimate of drug-likeness (QED) is 0.857. The van der Waals surface area contributed by atoms with Crippen LogP contribution in [0.1, 0.15) is 28.5 Å². The van der Waals surface area contributed by atoms with E-state index < -0.39 is 6.10 Å². The van der Waals surface area contributed by atoms with E-state index in [1.807, 2.05) is 0 Å². The van der Waals surface area contributed by atoms with Gasteiger partial charge in [-0.15, -0.1) is 0 Å². The minimum atomic E-state index is -0.624. The Labute approximate surface area is 138 Å². The first-order valence-corrected chi connectivity index (χ1v) is 7.81. The Morgan fingerprint density at radius 2 is 2.29 bits per heavy atom. The first-order chi connectivity index (χ1) is 11.6. The summed E-state index contributed by atoms with van der Waals surface area (Å²) < 4.78 is 5.67. The molecule has 4 rings (SSSR count). The Hall–Kier alpha value is -2.96. The first kappa shape index (κ1) is 14.6. The number of amides is 2. The van der Waals surface area contributed by atoms with Crippen LogP contribution in [0.5, 0.6) is 5.75 Å². The van der Waals surface area contributed by atoms with Crippen LogP contribution in [0.15, 0.2) is 30.7 Å². The molecule has 1 aromatic heterocycles. The normalized spacial score (nSPS) is 19.0. The summed E-state index contributed by atoms with van der Waals surface area (Å²) in [4.78, 5) is 34.7. The monoisotopic (exact) mass is 324 g/mol. The average molecular weight is 324 g/mol. The van der Waals surface area contributed by atoms with Gasteiger partial charge in [0.2, 0.25) is 0 Å². The molecule has 0 fully saturated rings. The van der Waals surface area contributed by atoms with Gasteiger partial charge in [-0.25, -0.2) is 9.97 Å². The molecule has 0 saturated heterocycles. The molecule has 1 N–H and O–H groups in total. The van der Waals surface area contributed by atoms with E-state index >= 15 is 0 Å². The van der Waals surface area contributed by atoms with E-state index in [1.54, 1.807) is 36.2 Å². The van der Waals surface area contributed by atoms with Crippen LogP contribution in [0.3, 0.4) is 0 Å².